The third kappa shape index (κ3) is 4.13. The van der Waals surface area contributed by atoms with Crippen molar-refractivity contribution in [3.63, 3.8) is 0 Å². The number of hydrogen-bond donors (Lipinski definition) is 1. The van der Waals surface area contributed by atoms with Crippen LogP contribution in [0.15, 0.2) is 47.6 Å². The molecule has 152 valence electrons. The van der Waals surface area contributed by atoms with Gasteiger partial charge < -0.3 is 10.0 Å². The van der Waals surface area contributed by atoms with Gasteiger partial charge in [0.15, 0.2) is 5.16 Å². The molecule has 0 spiro atoms. The summed E-state index contributed by atoms with van der Waals surface area (Å²) >= 11 is 1.23. The largest absolute Gasteiger partial charge is 0.387 e. The first-order chi connectivity index (χ1) is 14.0. The maximum absolute atomic E-state index is 14.0. The molecule has 1 aliphatic rings. The van der Waals surface area contributed by atoms with E-state index in [0.717, 1.165) is 55.3 Å². The number of aryl methyl sites for hydroxylation is 1. The predicted octanol–water partition coefficient (Wildman–Crippen LogP) is 4.28. The molecular weight excluding hydrogens is 394 g/mol. The lowest BCUT2D eigenvalue weighted by Crippen LogP contribution is -2.22. The Kier molecular flexibility index (Phi) is 5.82. The van der Waals surface area contributed by atoms with Gasteiger partial charge in [-0.15, -0.1) is 10.2 Å². The van der Waals surface area contributed by atoms with Crippen LogP contribution in [0.4, 0.5) is 14.7 Å². The van der Waals surface area contributed by atoms with Crippen molar-refractivity contribution in [1.29, 1.82) is 0 Å². The number of aliphatic hydroxyl groups is 1. The van der Waals surface area contributed by atoms with Crippen molar-refractivity contribution in [2.45, 2.75) is 31.0 Å². The zero-order valence-electron chi connectivity index (χ0n) is 16.1. The highest BCUT2D eigenvalue weighted by Crippen LogP contribution is 2.32. The minimum absolute atomic E-state index is 0.0574. The number of halogens is 2. The Morgan fingerprint density at radius 1 is 1.03 bits per heavy atom. The third-order valence-corrected chi connectivity index (χ3v) is 6.01. The molecule has 2 aromatic carbocycles. The van der Waals surface area contributed by atoms with Crippen LogP contribution in [0.3, 0.4) is 0 Å². The van der Waals surface area contributed by atoms with E-state index in [1.807, 2.05) is 35.8 Å². The zero-order chi connectivity index (χ0) is 20.4. The van der Waals surface area contributed by atoms with E-state index in [9.17, 15) is 13.9 Å². The SMILES string of the molecule is Cc1ccc(-n2c(SCC(O)c3c(F)cccc3F)nnc2N2CCCC2)cc1. The molecule has 4 rings (SSSR count). The second-order valence-electron chi connectivity index (χ2n) is 7.11. The van der Waals surface area contributed by atoms with Gasteiger partial charge >= 0.3 is 0 Å². The maximum atomic E-state index is 14.0. The van der Waals surface area contributed by atoms with Gasteiger partial charge in [-0.2, -0.15) is 0 Å². The van der Waals surface area contributed by atoms with Crippen LogP contribution >= 0.6 is 11.8 Å². The molecule has 8 heteroatoms. The van der Waals surface area contributed by atoms with Crippen LogP contribution < -0.4 is 4.90 Å². The summed E-state index contributed by atoms with van der Waals surface area (Å²) in [7, 11) is 0. The summed E-state index contributed by atoms with van der Waals surface area (Å²) in [4.78, 5) is 2.18. The number of aromatic nitrogens is 3. The quantitative estimate of drug-likeness (QED) is 0.608. The summed E-state index contributed by atoms with van der Waals surface area (Å²) < 4.78 is 29.9. The first-order valence-corrected chi connectivity index (χ1v) is 10.6. The van der Waals surface area contributed by atoms with Gasteiger partial charge in [-0.3, -0.25) is 4.57 Å². The van der Waals surface area contributed by atoms with Crippen LogP contribution in [0.1, 0.15) is 30.1 Å². The number of anilines is 1. The Balaban J connectivity index is 1.62. The van der Waals surface area contributed by atoms with Gasteiger partial charge in [0, 0.05) is 18.8 Å². The van der Waals surface area contributed by atoms with E-state index in [1.54, 1.807) is 0 Å². The topological polar surface area (TPSA) is 54.2 Å². The molecule has 1 aliphatic heterocycles. The smallest absolute Gasteiger partial charge is 0.232 e. The Hall–Kier alpha value is -2.45. The van der Waals surface area contributed by atoms with Gasteiger partial charge in [-0.25, -0.2) is 8.78 Å². The van der Waals surface area contributed by atoms with E-state index in [4.69, 9.17) is 0 Å². The van der Waals surface area contributed by atoms with E-state index in [-0.39, 0.29) is 11.3 Å². The fraction of sp³-hybridized carbons (Fsp3) is 0.333. The lowest BCUT2D eigenvalue weighted by Gasteiger charge is -2.19. The monoisotopic (exact) mass is 416 g/mol. The highest BCUT2D eigenvalue weighted by Gasteiger charge is 2.24. The summed E-state index contributed by atoms with van der Waals surface area (Å²) in [5.74, 6) is -0.700. The predicted molar refractivity (Wildman–Crippen MR) is 110 cm³/mol. The Morgan fingerprint density at radius 3 is 2.34 bits per heavy atom. The van der Waals surface area contributed by atoms with Crippen LogP contribution in [0.5, 0.6) is 0 Å². The fourth-order valence-corrected chi connectivity index (χ4v) is 4.35. The van der Waals surface area contributed by atoms with E-state index >= 15 is 0 Å². The van der Waals surface area contributed by atoms with Crippen LogP contribution in [0, 0.1) is 18.6 Å². The number of aliphatic hydroxyl groups excluding tert-OH is 1. The fourth-order valence-electron chi connectivity index (χ4n) is 3.46. The summed E-state index contributed by atoms with van der Waals surface area (Å²) in [6, 6.07) is 11.6. The van der Waals surface area contributed by atoms with Crippen LogP contribution in [-0.2, 0) is 0 Å². The molecule has 1 fully saturated rings. The molecule has 1 N–H and O–H groups in total. The summed E-state index contributed by atoms with van der Waals surface area (Å²) in [6.45, 7) is 3.85. The molecule has 3 aromatic rings. The summed E-state index contributed by atoms with van der Waals surface area (Å²) in [6.07, 6.45) is 0.919. The molecule has 0 saturated carbocycles. The van der Waals surface area contributed by atoms with E-state index in [2.05, 4.69) is 15.1 Å². The molecule has 1 atom stereocenters. The van der Waals surface area contributed by atoms with E-state index in [1.165, 1.54) is 17.8 Å². The highest BCUT2D eigenvalue weighted by atomic mass is 32.2. The normalized spacial score (nSPS) is 15.1. The highest BCUT2D eigenvalue weighted by molar-refractivity contribution is 7.99. The Labute approximate surface area is 172 Å². The van der Waals surface area contributed by atoms with Crippen molar-refractivity contribution < 1.29 is 13.9 Å². The van der Waals surface area contributed by atoms with Crippen molar-refractivity contribution in [3.05, 3.63) is 65.2 Å². The second-order valence-corrected chi connectivity index (χ2v) is 8.10. The number of nitrogens with zero attached hydrogens (tertiary/aromatic N) is 4. The van der Waals surface area contributed by atoms with E-state index in [0.29, 0.717) is 5.16 Å². The zero-order valence-corrected chi connectivity index (χ0v) is 16.9. The molecule has 29 heavy (non-hydrogen) atoms. The minimum Gasteiger partial charge on any atom is -0.387 e. The van der Waals surface area contributed by atoms with Crippen molar-refractivity contribution in [2.24, 2.45) is 0 Å². The molecule has 2 heterocycles. The van der Waals surface area contributed by atoms with Crippen LogP contribution in [0.2, 0.25) is 0 Å². The molecule has 1 unspecified atom stereocenters. The van der Waals surface area contributed by atoms with Crippen LogP contribution in [-0.4, -0.2) is 38.7 Å². The maximum Gasteiger partial charge on any atom is 0.232 e. The number of benzene rings is 2. The van der Waals surface area contributed by atoms with Crippen molar-refractivity contribution in [1.82, 2.24) is 14.8 Å². The second kappa shape index (κ2) is 8.51. The van der Waals surface area contributed by atoms with Gasteiger partial charge in [-0.1, -0.05) is 35.5 Å². The molecular formula is C21H22F2N4OS. The molecule has 1 aromatic heterocycles. The average Bonchev–Trinajstić information content (AvgIpc) is 3.36. The minimum atomic E-state index is -1.29. The van der Waals surface area contributed by atoms with Crippen molar-refractivity contribution in [3.8, 4) is 5.69 Å². The molecule has 0 radical (unpaired) electrons. The van der Waals surface area contributed by atoms with Crippen molar-refractivity contribution >= 4 is 17.7 Å². The number of thioether (sulfide) groups is 1. The molecule has 0 aliphatic carbocycles. The Bertz CT molecular complexity index is 967. The van der Waals surface area contributed by atoms with Gasteiger partial charge in [-0.05, 0) is 44.0 Å². The molecule has 5 nitrogen and oxygen atoms in total. The molecule has 0 amide bonds. The van der Waals surface area contributed by atoms with Gasteiger partial charge in [0.25, 0.3) is 0 Å². The lowest BCUT2D eigenvalue weighted by molar-refractivity contribution is 0.193. The molecule has 1 saturated heterocycles. The average molecular weight is 416 g/mol. The number of rotatable bonds is 6. The van der Waals surface area contributed by atoms with Crippen molar-refractivity contribution in [2.75, 3.05) is 23.7 Å². The molecule has 0 bridgehead atoms. The number of hydrogen-bond acceptors (Lipinski definition) is 5. The van der Waals surface area contributed by atoms with Gasteiger partial charge in [0.05, 0.1) is 17.4 Å². The van der Waals surface area contributed by atoms with E-state index < -0.39 is 17.7 Å². The van der Waals surface area contributed by atoms with Crippen LogP contribution in [0.25, 0.3) is 5.69 Å². The lowest BCUT2D eigenvalue weighted by atomic mass is 10.1. The summed E-state index contributed by atoms with van der Waals surface area (Å²) in [5, 5.41) is 19.6. The summed E-state index contributed by atoms with van der Waals surface area (Å²) in [5.41, 5.74) is 1.74. The third-order valence-electron chi connectivity index (χ3n) is 5.00. The standard InChI is InChI=1S/C21H22F2N4OS/c1-14-7-9-15(10-8-14)27-20(26-11-2-3-12-26)24-25-21(27)29-13-18(28)19-16(22)5-4-6-17(19)23/h4-10,18,28H,2-3,11-13H2,1H3. The Morgan fingerprint density at radius 2 is 1.69 bits per heavy atom. The first-order valence-electron chi connectivity index (χ1n) is 9.57. The van der Waals surface area contributed by atoms with Gasteiger partial charge in [0.1, 0.15) is 11.6 Å². The van der Waals surface area contributed by atoms with Gasteiger partial charge in [0.2, 0.25) is 5.95 Å². The first kappa shape index (κ1) is 19.8.